The van der Waals surface area contributed by atoms with E-state index in [0.717, 1.165) is 19.4 Å². The van der Waals surface area contributed by atoms with Crippen molar-refractivity contribution in [2.24, 2.45) is 28.9 Å². The average molecular weight is 293 g/mol. The summed E-state index contributed by atoms with van der Waals surface area (Å²) in [5.74, 6) is -0.539. The number of fused-ring (bicyclic) bond motifs is 1. The van der Waals surface area contributed by atoms with Gasteiger partial charge in [-0.1, -0.05) is 26.7 Å². The molecule has 116 valence electrons. The number of hydrogen-bond acceptors (Lipinski definition) is 4. The maximum Gasteiger partial charge on any atom is 0.287 e. The first-order chi connectivity index (χ1) is 9.82. The minimum atomic E-state index is -0.968. The van der Waals surface area contributed by atoms with E-state index in [9.17, 15) is 14.4 Å². The third-order valence-electron chi connectivity index (χ3n) is 5.48. The van der Waals surface area contributed by atoms with Gasteiger partial charge in [0.2, 0.25) is 11.7 Å². The number of piperidine rings is 1. The Morgan fingerprint density at radius 2 is 2.00 bits per heavy atom. The van der Waals surface area contributed by atoms with Crippen molar-refractivity contribution >= 4 is 17.6 Å². The van der Waals surface area contributed by atoms with Gasteiger partial charge < -0.3 is 16.4 Å². The molecule has 6 nitrogen and oxygen atoms in total. The van der Waals surface area contributed by atoms with Gasteiger partial charge in [-0.2, -0.15) is 0 Å². The van der Waals surface area contributed by atoms with E-state index >= 15 is 0 Å². The van der Waals surface area contributed by atoms with Gasteiger partial charge in [-0.15, -0.1) is 0 Å². The molecule has 2 aliphatic carbocycles. The van der Waals surface area contributed by atoms with Gasteiger partial charge in [0.25, 0.3) is 5.91 Å². The molecule has 0 spiro atoms. The summed E-state index contributed by atoms with van der Waals surface area (Å²) in [7, 11) is 0. The number of nitrogens with one attached hydrogen (secondary N) is 2. The number of rotatable bonds is 6. The van der Waals surface area contributed by atoms with Gasteiger partial charge in [0.1, 0.15) is 0 Å². The first-order valence-electron chi connectivity index (χ1n) is 7.69. The van der Waals surface area contributed by atoms with Crippen LogP contribution in [0.4, 0.5) is 0 Å². The Labute approximate surface area is 124 Å². The van der Waals surface area contributed by atoms with E-state index in [-0.39, 0.29) is 17.4 Å². The van der Waals surface area contributed by atoms with Gasteiger partial charge in [-0.3, -0.25) is 14.4 Å². The van der Waals surface area contributed by atoms with Crippen LogP contribution in [0.2, 0.25) is 0 Å². The second-order valence-electron chi connectivity index (χ2n) is 7.31. The number of carbonyl (C=O) groups is 3. The quantitative estimate of drug-likeness (QED) is 0.578. The normalized spacial score (nSPS) is 33.9. The van der Waals surface area contributed by atoms with E-state index in [4.69, 9.17) is 5.73 Å². The van der Waals surface area contributed by atoms with Crippen molar-refractivity contribution in [1.29, 1.82) is 0 Å². The summed E-state index contributed by atoms with van der Waals surface area (Å²) in [6.07, 6.45) is 2.63. The Bertz CT molecular complexity index is 498. The van der Waals surface area contributed by atoms with Gasteiger partial charge in [-0.25, -0.2) is 0 Å². The van der Waals surface area contributed by atoms with E-state index in [1.807, 2.05) is 0 Å². The molecule has 0 aromatic heterocycles. The van der Waals surface area contributed by atoms with Crippen molar-refractivity contribution < 1.29 is 14.4 Å². The van der Waals surface area contributed by atoms with Crippen molar-refractivity contribution in [1.82, 2.24) is 10.6 Å². The molecule has 1 aliphatic heterocycles. The maximum atomic E-state index is 12.4. The molecule has 2 saturated carbocycles. The highest BCUT2D eigenvalue weighted by Gasteiger charge is 2.65. The molecule has 2 amide bonds. The van der Waals surface area contributed by atoms with Gasteiger partial charge in [0.15, 0.2) is 0 Å². The molecule has 1 saturated heterocycles. The van der Waals surface area contributed by atoms with E-state index in [1.54, 1.807) is 0 Å². The molecule has 4 atom stereocenters. The highest BCUT2D eigenvalue weighted by atomic mass is 16.2. The fraction of sp³-hybridized carbons (Fsp3) is 0.800. The zero-order valence-corrected chi connectivity index (χ0v) is 12.5. The third kappa shape index (κ3) is 2.57. The van der Waals surface area contributed by atoms with Crippen LogP contribution in [0.25, 0.3) is 0 Å². The predicted molar refractivity (Wildman–Crippen MR) is 76.0 cm³/mol. The van der Waals surface area contributed by atoms with Crippen LogP contribution in [-0.2, 0) is 14.4 Å². The minimum Gasteiger partial charge on any atom is -0.363 e. The number of hydrogen-bond donors (Lipinski definition) is 3. The summed E-state index contributed by atoms with van der Waals surface area (Å²) >= 11 is 0. The lowest BCUT2D eigenvalue weighted by molar-refractivity contribution is -0.138. The second kappa shape index (κ2) is 4.80. The SMILES string of the molecule is CC1(C)C2CN[C@H](C(=O)NC(CC3CC3)C(=O)C(N)=O)C21. The van der Waals surface area contributed by atoms with Gasteiger partial charge in [-0.05, 0) is 36.1 Å². The Hall–Kier alpha value is -1.43. The van der Waals surface area contributed by atoms with Crippen molar-refractivity contribution in [3.63, 3.8) is 0 Å². The van der Waals surface area contributed by atoms with Crippen LogP contribution in [0, 0.1) is 23.2 Å². The molecule has 21 heavy (non-hydrogen) atoms. The molecular weight excluding hydrogens is 270 g/mol. The monoisotopic (exact) mass is 293 g/mol. The lowest BCUT2D eigenvalue weighted by Gasteiger charge is -2.22. The van der Waals surface area contributed by atoms with Crippen LogP contribution in [0.5, 0.6) is 0 Å². The van der Waals surface area contributed by atoms with E-state index in [2.05, 4.69) is 24.5 Å². The predicted octanol–water partition coefficient (Wildman–Crippen LogP) is -0.430. The fourth-order valence-electron chi connectivity index (χ4n) is 3.83. The molecule has 6 heteroatoms. The highest BCUT2D eigenvalue weighted by molar-refractivity contribution is 6.37. The van der Waals surface area contributed by atoms with E-state index in [1.165, 1.54) is 0 Å². The molecule has 0 aromatic carbocycles. The first-order valence-corrected chi connectivity index (χ1v) is 7.69. The van der Waals surface area contributed by atoms with Crippen molar-refractivity contribution in [2.45, 2.75) is 45.2 Å². The van der Waals surface area contributed by atoms with E-state index < -0.39 is 17.7 Å². The summed E-state index contributed by atoms with van der Waals surface area (Å²) < 4.78 is 0. The zero-order valence-electron chi connectivity index (χ0n) is 12.5. The Morgan fingerprint density at radius 3 is 2.48 bits per heavy atom. The maximum absolute atomic E-state index is 12.4. The molecule has 4 N–H and O–H groups in total. The summed E-state index contributed by atoms with van der Waals surface area (Å²) in [5, 5.41) is 5.97. The van der Waals surface area contributed by atoms with Gasteiger partial charge in [0, 0.05) is 0 Å². The number of ketones is 1. The standard InChI is InChI=1S/C15H23N3O3/c1-15(2)8-6-17-11(10(8)15)14(21)18-9(5-7-3-4-7)12(19)13(16)20/h7-11,17H,3-6H2,1-2H3,(H2,16,20)(H,18,21)/t8?,9?,10?,11-/m0/s1. The molecule has 3 unspecified atom stereocenters. The van der Waals surface area contributed by atoms with Crippen LogP contribution >= 0.6 is 0 Å². The lowest BCUT2D eigenvalue weighted by Crippen LogP contribution is -2.52. The first kappa shape index (κ1) is 14.5. The summed E-state index contributed by atoms with van der Waals surface area (Å²) in [6.45, 7) is 5.17. The van der Waals surface area contributed by atoms with Crippen molar-refractivity contribution in [3.05, 3.63) is 0 Å². The zero-order chi connectivity index (χ0) is 15.4. The largest absolute Gasteiger partial charge is 0.363 e. The molecule has 1 heterocycles. The summed E-state index contributed by atoms with van der Waals surface area (Å²) in [4.78, 5) is 35.4. The molecule has 0 bridgehead atoms. The minimum absolute atomic E-state index is 0.173. The van der Waals surface area contributed by atoms with Crippen LogP contribution in [0.1, 0.15) is 33.1 Å². The van der Waals surface area contributed by atoms with Gasteiger partial charge >= 0.3 is 0 Å². The number of amides is 2. The molecular formula is C15H23N3O3. The molecule has 0 radical (unpaired) electrons. The lowest BCUT2D eigenvalue weighted by atomic mass is 10.0. The Morgan fingerprint density at radius 1 is 1.33 bits per heavy atom. The Balaban J connectivity index is 1.63. The van der Waals surface area contributed by atoms with Crippen LogP contribution < -0.4 is 16.4 Å². The van der Waals surface area contributed by atoms with E-state index in [0.29, 0.717) is 24.2 Å². The van der Waals surface area contributed by atoms with Crippen molar-refractivity contribution in [2.75, 3.05) is 6.54 Å². The number of carbonyl (C=O) groups excluding carboxylic acids is 3. The summed E-state index contributed by atoms with van der Waals surface area (Å²) in [6, 6.07) is -1.02. The number of Topliss-reactive ketones (excluding diaryl/α,β-unsaturated/α-hetero) is 1. The molecule has 3 aliphatic rings. The Kier molecular flexibility index (Phi) is 3.31. The molecule has 0 aromatic rings. The van der Waals surface area contributed by atoms with Crippen LogP contribution in [-0.4, -0.2) is 36.2 Å². The second-order valence-corrected chi connectivity index (χ2v) is 7.31. The van der Waals surface area contributed by atoms with Crippen LogP contribution in [0.3, 0.4) is 0 Å². The highest BCUT2D eigenvalue weighted by Crippen LogP contribution is 2.62. The van der Waals surface area contributed by atoms with Crippen molar-refractivity contribution in [3.8, 4) is 0 Å². The van der Waals surface area contributed by atoms with Crippen LogP contribution in [0.15, 0.2) is 0 Å². The molecule has 3 rings (SSSR count). The average Bonchev–Trinajstić information content (AvgIpc) is 3.23. The number of primary amides is 1. The fourth-order valence-corrected chi connectivity index (χ4v) is 3.83. The topological polar surface area (TPSA) is 101 Å². The smallest absolute Gasteiger partial charge is 0.287 e. The summed E-state index contributed by atoms with van der Waals surface area (Å²) in [5.41, 5.74) is 5.27. The number of nitrogens with two attached hydrogens (primary N) is 1. The van der Waals surface area contributed by atoms with Gasteiger partial charge in [0.05, 0.1) is 12.1 Å². The molecule has 3 fully saturated rings. The third-order valence-corrected chi connectivity index (χ3v) is 5.48.